The average Bonchev–Trinajstić information content (AvgIpc) is 2.66. The van der Waals surface area contributed by atoms with Gasteiger partial charge >= 0.3 is 0 Å². The van der Waals surface area contributed by atoms with Crippen LogP contribution in [0.4, 0.5) is 11.6 Å². The molecule has 3 rings (SSSR count). The molecule has 0 spiro atoms. The summed E-state index contributed by atoms with van der Waals surface area (Å²) in [5.41, 5.74) is 0.563. The Balaban J connectivity index is 1.51. The molecule has 0 atom stereocenters. The van der Waals surface area contributed by atoms with Gasteiger partial charge in [-0.05, 0) is 38.3 Å². The number of nitrogens with zero attached hydrogens (tertiary/aromatic N) is 4. The van der Waals surface area contributed by atoms with Gasteiger partial charge in [-0.1, -0.05) is 0 Å². The molecule has 2 aromatic heterocycles. The number of pyridine rings is 1. The summed E-state index contributed by atoms with van der Waals surface area (Å²) in [5, 5.41) is 6.13. The molecule has 2 N–H and O–H groups in total. The minimum absolute atomic E-state index is 0.122. The van der Waals surface area contributed by atoms with E-state index in [-0.39, 0.29) is 5.91 Å². The maximum absolute atomic E-state index is 12.0. The Morgan fingerprint density at radius 3 is 2.80 bits per heavy atom. The van der Waals surface area contributed by atoms with E-state index >= 15 is 0 Å². The summed E-state index contributed by atoms with van der Waals surface area (Å²) >= 11 is 0. The van der Waals surface area contributed by atoms with Crippen LogP contribution in [0.15, 0.2) is 30.6 Å². The molecule has 0 unspecified atom stereocenters. The molecule has 0 saturated carbocycles. The predicted octanol–water partition coefficient (Wildman–Crippen LogP) is 2.01. The summed E-state index contributed by atoms with van der Waals surface area (Å²) in [7, 11) is 0. The number of hydrogen-bond acceptors (Lipinski definition) is 6. The average molecular weight is 340 g/mol. The van der Waals surface area contributed by atoms with Gasteiger partial charge in [0.05, 0.1) is 5.56 Å². The smallest absolute Gasteiger partial charge is 0.252 e. The maximum Gasteiger partial charge on any atom is 0.252 e. The Morgan fingerprint density at radius 2 is 2.04 bits per heavy atom. The molecule has 1 saturated heterocycles. The molecule has 1 fully saturated rings. The van der Waals surface area contributed by atoms with Crippen molar-refractivity contribution in [1.29, 1.82) is 0 Å². The topological polar surface area (TPSA) is 83.0 Å². The molecule has 2 aromatic rings. The van der Waals surface area contributed by atoms with Crippen LogP contribution >= 0.6 is 0 Å². The number of rotatable bonds is 6. The third-order valence-corrected chi connectivity index (χ3v) is 4.14. The summed E-state index contributed by atoms with van der Waals surface area (Å²) in [4.78, 5) is 27.2. The van der Waals surface area contributed by atoms with Crippen molar-refractivity contribution >= 4 is 17.5 Å². The lowest BCUT2D eigenvalue weighted by Gasteiger charge is -2.28. The zero-order valence-corrected chi connectivity index (χ0v) is 14.5. The van der Waals surface area contributed by atoms with Crippen LogP contribution in [0.5, 0.6) is 0 Å². The summed E-state index contributed by atoms with van der Waals surface area (Å²) in [5.74, 6) is 2.41. The zero-order valence-electron chi connectivity index (χ0n) is 14.5. The Labute approximate surface area is 147 Å². The van der Waals surface area contributed by atoms with Crippen molar-refractivity contribution in [3.8, 4) is 0 Å². The van der Waals surface area contributed by atoms with Gasteiger partial charge in [-0.15, -0.1) is 0 Å². The lowest BCUT2D eigenvalue weighted by molar-refractivity contribution is 0.0955. The molecule has 132 valence electrons. The van der Waals surface area contributed by atoms with E-state index in [0.717, 1.165) is 30.5 Å². The van der Waals surface area contributed by atoms with Crippen molar-refractivity contribution in [1.82, 2.24) is 20.3 Å². The highest BCUT2D eigenvalue weighted by Crippen LogP contribution is 2.20. The fourth-order valence-electron chi connectivity index (χ4n) is 2.89. The second-order valence-electron chi connectivity index (χ2n) is 6.13. The first kappa shape index (κ1) is 17.1. The summed E-state index contributed by atoms with van der Waals surface area (Å²) in [6, 6.07) is 5.48. The van der Waals surface area contributed by atoms with Crippen LogP contribution < -0.4 is 15.5 Å². The maximum atomic E-state index is 12.0. The predicted molar refractivity (Wildman–Crippen MR) is 97.9 cm³/mol. The number of amides is 1. The summed E-state index contributed by atoms with van der Waals surface area (Å²) in [6.07, 6.45) is 6.93. The van der Waals surface area contributed by atoms with E-state index in [4.69, 9.17) is 0 Å². The van der Waals surface area contributed by atoms with Gasteiger partial charge < -0.3 is 15.5 Å². The molecule has 25 heavy (non-hydrogen) atoms. The lowest BCUT2D eigenvalue weighted by Crippen LogP contribution is -2.31. The molecular formula is C18H24N6O. The second kappa shape index (κ2) is 8.41. The molecule has 1 aliphatic rings. The quantitative estimate of drug-likeness (QED) is 0.783. The van der Waals surface area contributed by atoms with E-state index in [9.17, 15) is 4.79 Å². The molecule has 7 nitrogen and oxygen atoms in total. The molecule has 0 radical (unpaired) electrons. The Morgan fingerprint density at radius 1 is 1.20 bits per heavy atom. The largest absolute Gasteiger partial charge is 0.368 e. The van der Waals surface area contributed by atoms with Crippen molar-refractivity contribution < 1.29 is 4.79 Å². The van der Waals surface area contributed by atoms with Gasteiger partial charge in [0.15, 0.2) is 0 Å². The Bertz CT molecular complexity index is 700. The number of anilines is 2. The van der Waals surface area contributed by atoms with Crippen LogP contribution in [0.2, 0.25) is 0 Å². The summed E-state index contributed by atoms with van der Waals surface area (Å²) in [6.45, 7) is 5.12. The molecule has 0 bridgehead atoms. The van der Waals surface area contributed by atoms with Gasteiger partial charge in [-0.3, -0.25) is 9.78 Å². The van der Waals surface area contributed by atoms with Crippen LogP contribution in [0.3, 0.4) is 0 Å². The minimum Gasteiger partial charge on any atom is -0.368 e. The van der Waals surface area contributed by atoms with Crippen LogP contribution in [-0.2, 0) is 0 Å². The molecule has 1 aliphatic heterocycles. The first-order valence-electron chi connectivity index (χ1n) is 8.75. The molecule has 0 aromatic carbocycles. The van der Waals surface area contributed by atoms with E-state index in [1.165, 1.54) is 19.3 Å². The Hall–Kier alpha value is -2.70. The zero-order chi connectivity index (χ0) is 17.5. The number of carbonyl (C=O) groups excluding carboxylic acids is 1. The number of aryl methyl sites for hydroxylation is 1. The van der Waals surface area contributed by atoms with Crippen molar-refractivity contribution in [2.45, 2.75) is 26.2 Å². The fraction of sp³-hybridized carbons (Fsp3) is 0.444. The van der Waals surface area contributed by atoms with Crippen LogP contribution in [0, 0.1) is 6.92 Å². The van der Waals surface area contributed by atoms with Crippen molar-refractivity contribution in [3.63, 3.8) is 0 Å². The highest BCUT2D eigenvalue weighted by molar-refractivity contribution is 5.93. The molecule has 1 amide bonds. The summed E-state index contributed by atoms with van der Waals surface area (Å²) < 4.78 is 0. The highest BCUT2D eigenvalue weighted by atomic mass is 16.1. The van der Waals surface area contributed by atoms with Crippen molar-refractivity contribution in [3.05, 3.63) is 42.0 Å². The molecule has 0 aliphatic carbocycles. The lowest BCUT2D eigenvalue weighted by atomic mass is 10.1. The number of carbonyl (C=O) groups is 1. The second-order valence-corrected chi connectivity index (χ2v) is 6.13. The minimum atomic E-state index is -0.122. The number of hydrogen-bond donors (Lipinski definition) is 2. The SMILES string of the molecule is Cc1nc(NCCNC(=O)c2cccnc2)cc(N2CCCCC2)n1. The van der Waals surface area contributed by atoms with E-state index in [0.29, 0.717) is 18.7 Å². The van der Waals surface area contributed by atoms with Gasteiger partial charge in [0.2, 0.25) is 0 Å². The van der Waals surface area contributed by atoms with Gasteiger partial charge in [0.25, 0.3) is 5.91 Å². The van der Waals surface area contributed by atoms with Gasteiger partial charge in [0, 0.05) is 44.6 Å². The first-order valence-corrected chi connectivity index (χ1v) is 8.75. The van der Waals surface area contributed by atoms with Crippen LogP contribution in [-0.4, -0.2) is 47.0 Å². The van der Waals surface area contributed by atoms with E-state index < -0.39 is 0 Å². The molecule has 7 heteroatoms. The van der Waals surface area contributed by atoms with Crippen molar-refractivity contribution in [2.24, 2.45) is 0 Å². The van der Waals surface area contributed by atoms with Gasteiger partial charge in [-0.25, -0.2) is 9.97 Å². The van der Waals surface area contributed by atoms with Gasteiger partial charge in [-0.2, -0.15) is 0 Å². The van der Waals surface area contributed by atoms with Gasteiger partial charge in [0.1, 0.15) is 17.5 Å². The Kier molecular flexibility index (Phi) is 5.77. The number of aromatic nitrogens is 3. The highest BCUT2D eigenvalue weighted by Gasteiger charge is 2.13. The number of piperidine rings is 1. The van der Waals surface area contributed by atoms with Crippen LogP contribution in [0.25, 0.3) is 0 Å². The van der Waals surface area contributed by atoms with E-state index in [1.807, 2.05) is 13.0 Å². The molecular weight excluding hydrogens is 316 g/mol. The van der Waals surface area contributed by atoms with E-state index in [1.54, 1.807) is 24.5 Å². The van der Waals surface area contributed by atoms with Crippen LogP contribution in [0.1, 0.15) is 35.4 Å². The van der Waals surface area contributed by atoms with E-state index in [2.05, 4.69) is 30.5 Å². The monoisotopic (exact) mass is 340 g/mol. The number of nitrogens with one attached hydrogen (secondary N) is 2. The third-order valence-electron chi connectivity index (χ3n) is 4.14. The third kappa shape index (κ3) is 4.89. The standard InChI is InChI=1S/C18H24N6O/c1-14-22-16(12-17(23-14)24-10-3-2-4-11-24)20-8-9-21-18(25)15-6-5-7-19-13-15/h5-7,12-13H,2-4,8-11H2,1H3,(H,21,25)(H,20,22,23). The molecule has 3 heterocycles. The fourth-order valence-corrected chi connectivity index (χ4v) is 2.89. The first-order chi connectivity index (χ1) is 12.2. The normalized spacial score (nSPS) is 14.2. The van der Waals surface area contributed by atoms with Crippen molar-refractivity contribution in [2.75, 3.05) is 36.4 Å².